The van der Waals surface area contributed by atoms with Crippen LogP contribution in [-0.2, 0) is 5.41 Å². The number of hydrogen-bond acceptors (Lipinski definition) is 2. The van der Waals surface area contributed by atoms with E-state index in [1.165, 1.54) is 43.4 Å². The van der Waals surface area contributed by atoms with Gasteiger partial charge in [-0.15, -0.1) is 0 Å². The number of pyridine rings is 1. The van der Waals surface area contributed by atoms with Gasteiger partial charge in [0.2, 0.25) is 0 Å². The van der Waals surface area contributed by atoms with Crippen molar-refractivity contribution in [2.45, 2.75) is 38.9 Å². The fourth-order valence-corrected chi connectivity index (χ4v) is 6.85. The highest BCUT2D eigenvalue weighted by Gasteiger charge is 2.37. The Morgan fingerprint density at radius 2 is 1.67 bits per heavy atom. The van der Waals surface area contributed by atoms with Gasteiger partial charge in [0.25, 0.3) is 0 Å². The Morgan fingerprint density at radius 3 is 2.47 bits per heavy atom. The molecule has 2 aromatic heterocycles. The Kier molecular flexibility index (Phi) is 3.35. The van der Waals surface area contributed by atoms with E-state index in [2.05, 4.69) is 82.0 Å². The van der Waals surface area contributed by atoms with Crippen molar-refractivity contribution in [3.05, 3.63) is 71.9 Å². The van der Waals surface area contributed by atoms with E-state index in [1.54, 1.807) is 0 Å². The molecule has 0 unspecified atom stereocenters. The van der Waals surface area contributed by atoms with E-state index < -0.39 is 8.07 Å². The lowest BCUT2D eigenvalue weighted by atomic mass is 9.74. The molecule has 0 radical (unpaired) electrons. The molecule has 30 heavy (non-hydrogen) atoms. The lowest BCUT2D eigenvalue weighted by Crippen LogP contribution is -2.38. The molecule has 1 aliphatic carbocycles. The van der Waals surface area contributed by atoms with Crippen LogP contribution in [0.3, 0.4) is 0 Å². The highest BCUT2D eigenvalue weighted by molar-refractivity contribution is 6.90. The van der Waals surface area contributed by atoms with Gasteiger partial charge in [0.05, 0.1) is 19.2 Å². The zero-order chi connectivity index (χ0) is 20.8. The minimum absolute atomic E-state index is 0.177. The lowest BCUT2D eigenvalue weighted by Gasteiger charge is -2.30. The summed E-state index contributed by atoms with van der Waals surface area (Å²) >= 11 is 0. The van der Waals surface area contributed by atoms with Gasteiger partial charge in [-0.1, -0.05) is 82.0 Å². The third kappa shape index (κ3) is 2.16. The molecule has 6 rings (SSSR count). The lowest BCUT2D eigenvalue weighted by molar-refractivity contribution is 0.648. The summed E-state index contributed by atoms with van der Waals surface area (Å²) in [6, 6.07) is 19.9. The fourth-order valence-electron chi connectivity index (χ4n) is 5.41. The molecule has 0 spiro atoms. The van der Waals surface area contributed by atoms with Crippen molar-refractivity contribution >= 4 is 46.0 Å². The molecular formula is C27H25NOSi. The van der Waals surface area contributed by atoms with Gasteiger partial charge >= 0.3 is 0 Å². The molecule has 0 amide bonds. The second kappa shape index (κ2) is 5.61. The quantitative estimate of drug-likeness (QED) is 0.280. The summed E-state index contributed by atoms with van der Waals surface area (Å²) in [5.74, 6) is 0. The predicted octanol–water partition coefficient (Wildman–Crippen LogP) is 6.99. The van der Waals surface area contributed by atoms with Crippen LogP contribution in [0, 0.1) is 0 Å². The highest BCUT2D eigenvalue weighted by atomic mass is 28.3. The Morgan fingerprint density at radius 1 is 0.867 bits per heavy atom. The van der Waals surface area contributed by atoms with Gasteiger partial charge in [0, 0.05) is 22.6 Å². The van der Waals surface area contributed by atoms with Gasteiger partial charge in [-0.05, 0) is 33.2 Å². The molecule has 1 aliphatic rings. The molecule has 3 heteroatoms. The summed E-state index contributed by atoms with van der Waals surface area (Å²) in [5, 5.41) is 6.40. The summed E-state index contributed by atoms with van der Waals surface area (Å²) in [7, 11) is -1.58. The minimum atomic E-state index is -1.58. The Labute approximate surface area is 177 Å². The number of furan rings is 1. The van der Waals surface area contributed by atoms with E-state index >= 15 is 0 Å². The molecule has 148 valence electrons. The summed E-state index contributed by atoms with van der Waals surface area (Å²) in [4.78, 5) is 4.91. The fraction of sp³-hybridized carbons (Fsp3) is 0.222. The van der Waals surface area contributed by atoms with Crippen LogP contribution in [-0.4, -0.2) is 13.1 Å². The molecule has 0 saturated carbocycles. The standard InChI is InChI=1S/C27H25NOSi/c1-27(2)19-12-13-21(30(3,4)5)26-22(19)23-20(29-26)14-15-28-25(23)18-11-10-16-8-6-7-9-17(16)24(18)27/h6-15H,1-5H3. The molecule has 2 nitrogen and oxygen atoms in total. The highest BCUT2D eigenvalue weighted by Crippen LogP contribution is 2.50. The van der Waals surface area contributed by atoms with Crippen molar-refractivity contribution in [3.63, 3.8) is 0 Å². The third-order valence-corrected chi connectivity index (χ3v) is 8.83. The van der Waals surface area contributed by atoms with E-state index in [1.807, 2.05) is 12.3 Å². The zero-order valence-corrected chi connectivity index (χ0v) is 19.1. The predicted molar refractivity (Wildman–Crippen MR) is 130 cm³/mol. The van der Waals surface area contributed by atoms with E-state index in [9.17, 15) is 0 Å². The SMILES string of the molecule is CC1(C)c2c(ccc3ccccc23)-c2nccc3oc4c([Si](C)(C)C)ccc1c4c23. The summed E-state index contributed by atoms with van der Waals surface area (Å²) in [5.41, 5.74) is 6.80. The molecule has 0 saturated heterocycles. The molecule has 0 bridgehead atoms. The number of hydrogen-bond donors (Lipinski definition) is 0. The van der Waals surface area contributed by atoms with Crippen molar-refractivity contribution in [2.24, 2.45) is 0 Å². The molecule has 0 atom stereocenters. The molecule has 0 N–H and O–H groups in total. The van der Waals surface area contributed by atoms with Crippen LogP contribution >= 0.6 is 0 Å². The maximum Gasteiger partial charge on any atom is 0.139 e. The molecule has 5 aromatic rings. The first kappa shape index (κ1) is 17.9. The Bertz CT molecular complexity index is 1500. The molecule has 3 aromatic carbocycles. The van der Waals surface area contributed by atoms with Crippen LogP contribution < -0.4 is 5.19 Å². The number of benzene rings is 3. The second-order valence-electron chi connectivity index (χ2n) is 10.1. The minimum Gasteiger partial charge on any atom is -0.456 e. The maximum atomic E-state index is 6.56. The largest absolute Gasteiger partial charge is 0.456 e. The molecule has 0 fully saturated rings. The zero-order valence-electron chi connectivity index (χ0n) is 18.1. The third-order valence-electron chi connectivity index (χ3n) is 6.82. The summed E-state index contributed by atoms with van der Waals surface area (Å²) in [6.45, 7) is 11.9. The van der Waals surface area contributed by atoms with Crippen molar-refractivity contribution in [1.29, 1.82) is 0 Å². The van der Waals surface area contributed by atoms with Crippen LogP contribution in [0.15, 0.2) is 65.2 Å². The van der Waals surface area contributed by atoms with E-state index in [0.717, 1.165) is 16.9 Å². The second-order valence-corrected chi connectivity index (χ2v) is 15.1. The van der Waals surface area contributed by atoms with Crippen molar-refractivity contribution < 1.29 is 4.42 Å². The van der Waals surface area contributed by atoms with Gasteiger partial charge in [0.15, 0.2) is 0 Å². The van der Waals surface area contributed by atoms with Crippen LogP contribution in [0.5, 0.6) is 0 Å². The Hall–Kier alpha value is -2.91. The first-order valence-corrected chi connectivity index (χ1v) is 14.2. The maximum absolute atomic E-state index is 6.56. The van der Waals surface area contributed by atoms with Crippen molar-refractivity contribution in [2.75, 3.05) is 0 Å². The van der Waals surface area contributed by atoms with Crippen LogP contribution in [0.4, 0.5) is 0 Å². The summed E-state index contributed by atoms with van der Waals surface area (Å²) in [6.07, 6.45) is 1.89. The van der Waals surface area contributed by atoms with Gasteiger partial charge in [-0.25, -0.2) is 0 Å². The van der Waals surface area contributed by atoms with E-state index in [4.69, 9.17) is 9.40 Å². The topological polar surface area (TPSA) is 26.0 Å². The van der Waals surface area contributed by atoms with Crippen LogP contribution in [0.2, 0.25) is 19.6 Å². The average molecular weight is 408 g/mol. The van der Waals surface area contributed by atoms with Gasteiger partial charge in [-0.2, -0.15) is 0 Å². The van der Waals surface area contributed by atoms with Gasteiger partial charge < -0.3 is 4.42 Å². The number of fused-ring (bicyclic) bond motifs is 4. The van der Waals surface area contributed by atoms with E-state index in [0.29, 0.717) is 0 Å². The number of rotatable bonds is 1. The molecular weight excluding hydrogens is 382 g/mol. The van der Waals surface area contributed by atoms with Gasteiger partial charge in [0.1, 0.15) is 11.2 Å². The van der Waals surface area contributed by atoms with Crippen molar-refractivity contribution in [3.8, 4) is 11.3 Å². The number of nitrogens with zero attached hydrogens (tertiary/aromatic N) is 1. The van der Waals surface area contributed by atoms with Crippen LogP contribution in [0.25, 0.3) is 44.0 Å². The van der Waals surface area contributed by atoms with Crippen molar-refractivity contribution in [1.82, 2.24) is 4.98 Å². The summed E-state index contributed by atoms with van der Waals surface area (Å²) < 4.78 is 6.56. The van der Waals surface area contributed by atoms with Gasteiger partial charge in [-0.3, -0.25) is 4.98 Å². The number of aromatic nitrogens is 1. The average Bonchev–Trinajstić information content (AvgIpc) is 3.06. The first-order chi connectivity index (χ1) is 14.3. The molecule has 2 heterocycles. The smallest absolute Gasteiger partial charge is 0.139 e. The normalized spacial score (nSPS) is 15.1. The van der Waals surface area contributed by atoms with E-state index in [-0.39, 0.29) is 5.41 Å². The Balaban J connectivity index is 1.90. The monoisotopic (exact) mass is 407 g/mol. The first-order valence-electron chi connectivity index (χ1n) is 10.7. The molecule has 0 aliphatic heterocycles. The van der Waals surface area contributed by atoms with Crippen LogP contribution in [0.1, 0.15) is 25.0 Å².